The molecule has 6 aromatic rings. The highest BCUT2D eigenvalue weighted by atomic mass is 16.1. The van der Waals surface area contributed by atoms with Gasteiger partial charge in [0, 0.05) is 11.1 Å². The van der Waals surface area contributed by atoms with Gasteiger partial charge < -0.3 is 0 Å². The molecular formula is C33H20O. The van der Waals surface area contributed by atoms with E-state index in [1.807, 2.05) is 12.1 Å². The van der Waals surface area contributed by atoms with Gasteiger partial charge in [-0.25, -0.2) is 0 Å². The van der Waals surface area contributed by atoms with E-state index < -0.39 is 0 Å². The van der Waals surface area contributed by atoms with Gasteiger partial charge in [-0.15, -0.1) is 0 Å². The van der Waals surface area contributed by atoms with Gasteiger partial charge in [-0.3, -0.25) is 4.79 Å². The van der Waals surface area contributed by atoms with E-state index in [4.69, 9.17) is 0 Å². The zero-order chi connectivity index (χ0) is 22.6. The largest absolute Gasteiger partial charge is 0.289 e. The highest BCUT2D eigenvalue weighted by molar-refractivity contribution is 6.22. The second-order valence-corrected chi connectivity index (χ2v) is 8.90. The minimum Gasteiger partial charge on any atom is -0.289 e. The van der Waals surface area contributed by atoms with Crippen molar-refractivity contribution in [3.05, 3.63) is 132 Å². The van der Waals surface area contributed by atoms with Gasteiger partial charge in [0.1, 0.15) is 0 Å². The molecule has 1 nitrogen and oxygen atoms in total. The highest BCUT2D eigenvalue weighted by Crippen LogP contribution is 2.42. The third kappa shape index (κ3) is 2.77. The lowest BCUT2D eigenvalue weighted by Gasteiger charge is -2.11. The van der Waals surface area contributed by atoms with Crippen molar-refractivity contribution in [3.63, 3.8) is 0 Å². The Balaban J connectivity index is 1.43. The molecule has 0 unspecified atom stereocenters. The molecule has 0 fully saturated rings. The van der Waals surface area contributed by atoms with Crippen molar-refractivity contribution in [2.45, 2.75) is 0 Å². The van der Waals surface area contributed by atoms with E-state index in [1.165, 1.54) is 32.7 Å². The molecule has 0 aromatic heterocycles. The predicted octanol–water partition coefficient (Wildman–Crippen LogP) is 8.54. The summed E-state index contributed by atoms with van der Waals surface area (Å²) in [7, 11) is 0. The third-order valence-electron chi connectivity index (χ3n) is 7.02. The Hall–Kier alpha value is -4.49. The Morgan fingerprint density at radius 2 is 0.794 bits per heavy atom. The van der Waals surface area contributed by atoms with Gasteiger partial charge in [-0.1, -0.05) is 97.1 Å². The lowest BCUT2D eigenvalue weighted by molar-refractivity contribution is 0.104. The molecule has 0 atom stereocenters. The minimum atomic E-state index is 0.110. The molecular weight excluding hydrogens is 412 g/mol. The molecule has 0 bridgehead atoms. The summed E-state index contributed by atoms with van der Waals surface area (Å²) in [6, 6.07) is 42.2. The van der Waals surface area contributed by atoms with Gasteiger partial charge in [0.25, 0.3) is 0 Å². The number of rotatable bonds is 2. The predicted molar refractivity (Wildman–Crippen MR) is 141 cm³/mol. The molecule has 0 heterocycles. The van der Waals surface area contributed by atoms with Gasteiger partial charge in [0.05, 0.1) is 0 Å². The normalized spacial score (nSPS) is 12.2. The molecule has 1 aliphatic carbocycles. The quantitative estimate of drug-likeness (QED) is 0.267. The zero-order valence-electron chi connectivity index (χ0n) is 18.5. The van der Waals surface area contributed by atoms with Crippen molar-refractivity contribution in [3.8, 4) is 33.4 Å². The first kappa shape index (κ1) is 19.0. The lowest BCUT2D eigenvalue weighted by Crippen LogP contribution is -1.95. The Morgan fingerprint density at radius 1 is 0.353 bits per heavy atom. The van der Waals surface area contributed by atoms with Crippen LogP contribution >= 0.6 is 0 Å². The molecule has 0 saturated heterocycles. The monoisotopic (exact) mass is 432 g/mol. The summed E-state index contributed by atoms with van der Waals surface area (Å²) in [4.78, 5) is 13.2. The first-order valence-corrected chi connectivity index (χ1v) is 11.6. The molecule has 6 aromatic carbocycles. The molecule has 0 aliphatic heterocycles. The number of benzene rings is 6. The Morgan fingerprint density at radius 3 is 1.29 bits per heavy atom. The summed E-state index contributed by atoms with van der Waals surface area (Å²) in [6.45, 7) is 0. The summed E-state index contributed by atoms with van der Waals surface area (Å²) >= 11 is 0. The Labute approximate surface area is 197 Å². The average Bonchev–Trinajstić information content (AvgIpc) is 3.18. The van der Waals surface area contributed by atoms with Crippen molar-refractivity contribution >= 4 is 27.3 Å². The van der Waals surface area contributed by atoms with Gasteiger partial charge in [-0.2, -0.15) is 0 Å². The van der Waals surface area contributed by atoms with E-state index in [1.54, 1.807) is 0 Å². The number of carbonyl (C=O) groups excluding carboxylic acids is 1. The van der Waals surface area contributed by atoms with Gasteiger partial charge in [-0.05, 0) is 79.2 Å². The van der Waals surface area contributed by atoms with Crippen molar-refractivity contribution in [1.29, 1.82) is 0 Å². The summed E-state index contributed by atoms with van der Waals surface area (Å²) < 4.78 is 0. The minimum absolute atomic E-state index is 0.110. The first-order valence-electron chi connectivity index (χ1n) is 11.6. The maximum Gasteiger partial charge on any atom is 0.194 e. The van der Waals surface area contributed by atoms with Crippen LogP contribution in [0.15, 0.2) is 121 Å². The second-order valence-electron chi connectivity index (χ2n) is 8.90. The summed E-state index contributed by atoms with van der Waals surface area (Å²) in [6.07, 6.45) is 0. The zero-order valence-corrected chi connectivity index (χ0v) is 18.5. The van der Waals surface area contributed by atoms with E-state index in [0.29, 0.717) is 0 Å². The number of hydrogen-bond donors (Lipinski definition) is 0. The molecule has 1 aliphatic rings. The lowest BCUT2D eigenvalue weighted by atomic mass is 9.93. The van der Waals surface area contributed by atoms with Gasteiger partial charge in [0.2, 0.25) is 0 Å². The number of fused-ring (bicyclic) bond motifs is 5. The summed E-state index contributed by atoms with van der Waals surface area (Å²) in [5.41, 5.74) is 8.25. The van der Waals surface area contributed by atoms with Crippen molar-refractivity contribution in [2.24, 2.45) is 0 Å². The van der Waals surface area contributed by atoms with Crippen molar-refractivity contribution in [2.75, 3.05) is 0 Å². The van der Waals surface area contributed by atoms with Crippen LogP contribution in [0, 0.1) is 0 Å². The molecule has 0 radical (unpaired) electrons. The fourth-order valence-electron chi connectivity index (χ4n) is 5.36. The van der Waals surface area contributed by atoms with E-state index in [0.717, 1.165) is 33.4 Å². The van der Waals surface area contributed by atoms with Crippen LogP contribution in [0.1, 0.15) is 15.9 Å². The van der Waals surface area contributed by atoms with E-state index in [-0.39, 0.29) is 5.78 Å². The second kappa shape index (κ2) is 7.26. The fraction of sp³-hybridized carbons (Fsp3) is 0. The highest BCUT2D eigenvalue weighted by Gasteiger charge is 2.27. The fourth-order valence-corrected chi connectivity index (χ4v) is 5.36. The van der Waals surface area contributed by atoms with Crippen LogP contribution in [0.2, 0.25) is 0 Å². The van der Waals surface area contributed by atoms with Crippen LogP contribution in [0.3, 0.4) is 0 Å². The molecule has 0 saturated carbocycles. The Bertz CT molecular complexity index is 1630. The SMILES string of the molecule is O=C1c2ccc(-c3cccc4ccccc34)cc2-c2cc(-c3cccc4ccccc34)ccc21. The van der Waals surface area contributed by atoms with Crippen LogP contribution in [0.25, 0.3) is 54.9 Å². The van der Waals surface area contributed by atoms with E-state index >= 15 is 0 Å². The standard InChI is InChI=1S/C33H20O/c34-33-29-17-15-23(27-13-5-9-21-7-1-3-11-25(21)27)19-31(29)32-20-24(16-18-30(32)33)28-14-6-10-22-8-2-4-12-26(22)28/h1-20H. The van der Waals surface area contributed by atoms with Crippen LogP contribution in [0.4, 0.5) is 0 Å². The van der Waals surface area contributed by atoms with Crippen LogP contribution in [0.5, 0.6) is 0 Å². The molecule has 1 heteroatoms. The first-order chi connectivity index (χ1) is 16.8. The molecule has 34 heavy (non-hydrogen) atoms. The molecule has 0 N–H and O–H groups in total. The van der Waals surface area contributed by atoms with E-state index in [9.17, 15) is 4.79 Å². The Kier molecular flexibility index (Phi) is 4.06. The number of ketones is 1. The topological polar surface area (TPSA) is 17.1 Å². The van der Waals surface area contributed by atoms with Crippen LogP contribution in [-0.4, -0.2) is 5.78 Å². The van der Waals surface area contributed by atoms with Crippen LogP contribution < -0.4 is 0 Å². The number of hydrogen-bond acceptors (Lipinski definition) is 1. The summed E-state index contributed by atoms with van der Waals surface area (Å²) in [5.74, 6) is 0.110. The van der Waals surface area contributed by atoms with Crippen LogP contribution in [-0.2, 0) is 0 Å². The summed E-state index contributed by atoms with van der Waals surface area (Å²) in [5, 5.41) is 4.88. The van der Waals surface area contributed by atoms with Gasteiger partial charge in [0.15, 0.2) is 5.78 Å². The molecule has 0 spiro atoms. The molecule has 0 amide bonds. The average molecular weight is 433 g/mol. The maximum atomic E-state index is 13.2. The van der Waals surface area contributed by atoms with Crippen molar-refractivity contribution < 1.29 is 4.79 Å². The molecule has 158 valence electrons. The van der Waals surface area contributed by atoms with E-state index in [2.05, 4.69) is 109 Å². The number of carbonyl (C=O) groups is 1. The van der Waals surface area contributed by atoms with Crippen molar-refractivity contribution in [1.82, 2.24) is 0 Å². The molecule has 7 rings (SSSR count). The maximum absolute atomic E-state index is 13.2. The van der Waals surface area contributed by atoms with Gasteiger partial charge >= 0.3 is 0 Å². The smallest absolute Gasteiger partial charge is 0.194 e. The third-order valence-corrected chi connectivity index (χ3v) is 7.02.